The van der Waals surface area contributed by atoms with Gasteiger partial charge in [0, 0.05) is 18.7 Å². The molecule has 2 aromatic carbocycles. The van der Waals surface area contributed by atoms with Gasteiger partial charge in [0.15, 0.2) is 0 Å². The van der Waals surface area contributed by atoms with Gasteiger partial charge in [-0.15, -0.1) is 0 Å². The van der Waals surface area contributed by atoms with Gasteiger partial charge in [-0.25, -0.2) is 0 Å². The van der Waals surface area contributed by atoms with Crippen LogP contribution in [0, 0.1) is 0 Å². The molecule has 1 atom stereocenters. The van der Waals surface area contributed by atoms with Gasteiger partial charge in [-0.3, -0.25) is 4.79 Å². The number of amides is 1. The van der Waals surface area contributed by atoms with Crippen LogP contribution >= 0.6 is 0 Å². The van der Waals surface area contributed by atoms with Gasteiger partial charge in [0.2, 0.25) is 0 Å². The van der Waals surface area contributed by atoms with Crippen LogP contribution in [-0.2, 0) is 0 Å². The van der Waals surface area contributed by atoms with E-state index in [4.69, 9.17) is 0 Å². The average Bonchev–Trinajstić information content (AvgIpc) is 2.89. The van der Waals surface area contributed by atoms with E-state index in [0.29, 0.717) is 0 Å². The first-order valence-electron chi connectivity index (χ1n) is 8.43. The maximum Gasteiger partial charge on any atom is 0.255 e. The molecule has 1 aliphatic rings. The lowest BCUT2D eigenvalue weighted by Crippen LogP contribution is -2.37. The molecular weight excluding hydrogens is 284 g/mol. The van der Waals surface area contributed by atoms with Crippen molar-refractivity contribution in [1.82, 2.24) is 9.80 Å². The van der Waals surface area contributed by atoms with Crippen molar-refractivity contribution in [3.63, 3.8) is 0 Å². The molecular formula is C20H24N2O. The summed E-state index contributed by atoms with van der Waals surface area (Å²) in [5.41, 5.74) is 3.16. The Balaban J connectivity index is 1.92. The number of fused-ring (bicyclic) bond motifs is 1. The van der Waals surface area contributed by atoms with Gasteiger partial charge in [-0.05, 0) is 30.3 Å². The maximum absolute atomic E-state index is 12.9. The summed E-state index contributed by atoms with van der Waals surface area (Å²) < 4.78 is 0. The smallest absolute Gasteiger partial charge is 0.255 e. The molecule has 23 heavy (non-hydrogen) atoms. The minimum Gasteiger partial charge on any atom is -0.326 e. The molecule has 1 amide bonds. The first-order valence-corrected chi connectivity index (χ1v) is 8.43. The van der Waals surface area contributed by atoms with Crippen LogP contribution in [0.1, 0.15) is 41.4 Å². The molecule has 0 aromatic heterocycles. The second-order valence-corrected chi connectivity index (χ2v) is 5.93. The summed E-state index contributed by atoms with van der Waals surface area (Å²) in [6.07, 6.45) is 0. The van der Waals surface area contributed by atoms with Crippen LogP contribution in [0.5, 0.6) is 0 Å². The standard InChI is InChI=1S/C20H24N2O/c1-3-21(4-2)14-15-22-19(16-10-6-5-7-11-16)17-12-8-9-13-18(17)20(22)23/h5-13,19H,3-4,14-15H2,1-2H3. The predicted molar refractivity (Wildman–Crippen MR) is 93.6 cm³/mol. The highest BCUT2D eigenvalue weighted by Gasteiger charge is 2.36. The van der Waals surface area contributed by atoms with Crippen LogP contribution < -0.4 is 0 Å². The summed E-state index contributed by atoms with van der Waals surface area (Å²) in [7, 11) is 0. The van der Waals surface area contributed by atoms with E-state index in [1.54, 1.807) is 0 Å². The molecule has 0 fully saturated rings. The highest BCUT2D eigenvalue weighted by Crippen LogP contribution is 2.37. The van der Waals surface area contributed by atoms with Crippen molar-refractivity contribution in [2.24, 2.45) is 0 Å². The molecule has 3 nitrogen and oxygen atoms in total. The van der Waals surface area contributed by atoms with Gasteiger partial charge in [0.25, 0.3) is 5.91 Å². The molecule has 120 valence electrons. The van der Waals surface area contributed by atoms with Crippen molar-refractivity contribution >= 4 is 5.91 Å². The van der Waals surface area contributed by atoms with E-state index in [-0.39, 0.29) is 11.9 Å². The minimum absolute atomic E-state index is 0.0375. The van der Waals surface area contributed by atoms with E-state index < -0.39 is 0 Å². The van der Waals surface area contributed by atoms with E-state index in [1.165, 1.54) is 5.56 Å². The Morgan fingerprint density at radius 3 is 2.30 bits per heavy atom. The van der Waals surface area contributed by atoms with Crippen LogP contribution in [0.4, 0.5) is 0 Å². The molecule has 0 saturated carbocycles. The molecule has 0 spiro atoms. The van der Waals surface area contributed by atoms with Gasteiger partial charge in [-0.2, -0.15) is 0 Å². The fraction of sp³-hybridized carbons (Fsp3) is 0.350. The van der Waals surface area contributed by atoms with Crippen LogP contribution in [0.15, 0.2) is 54.6 Å². The molecule has 1 heterocycles. The number of hydrogen-bond donors (Lipinski definition) is 0. The average molecular weight is 308 g/mol. The molecule has 1 unspecified atom stereocenters. The summed E-state index contributed by atoms with van der Waals surface area (Å²) in [5, 5.41) is 0. The zero-order valence-corrected chi connectivity index (χ0v) is 13.9. The molecule has 3 rings (SSSR count). The summed E-state index contributed by atoms with van der Waals surface area (Å²) in [4.78, 5) is 17.3. The summed E-state index contributed by atoms with van der Waals surface area (Å²) in [6.45, 7) is 8.03. The Hall–Kier alpha value is -2.13. The molecule has 0 bridgehead atoms. The Morgan fingerprint density at radius 1 is 0.957 bits per heavy atom. The largest absolute Gasteiger partial charge is 0.326 e. The zero-order chi connectivity index (χ0) is 16.2. The van der Waals surface area contributed by atoms with E-state index >= 15 is 0 Å². The molecule has 3 heteroatoms. The number of benzene rings is 2. The molecule has 0 saturated heterocycles. The first kappa shape index (κ1) is 15.8. The van der Waals surface area contributed by atoms with Crippen molar-refractivity contribution in [3.8, 4) is 0 Å². The fourth-order valence-electron chi connectivity index (χ4n) is 3.38. The third-order valence-corrected chi connectivity index (χ3v) is 4.73. The van der Waals surface area contributed by atoms with E-state index in [2.05, 4.69) is 36.9 Å². The lowest BCUT2D eigenvalue weighted by Gasteiger charge is -2.28. The number of nitrogens with zero attached hydrogens (tertiary/aromatic N) is 2. The van der Waals surface area contributed by atoms with E-state index in [1.807, 2.05) is 41.3 Å². The molecule has 1 aliphatic heterocycles. The fourth-order valence-corrected chi connectivity index (χ4v) is 3.38. The molecule has 2 aromatic rings. The second kappa shape index (κ2) is 6.97. The third-order valence-electron chi connectivity index (χ3n) is 4.73. The zero-order valence-electron chi connectivity index (χ0n) is 13.9. The summed E-state index contributed by atoms with van der Waals surface area (Å²) >= 11 is 0. The quantitative estimate of drug-likeness (QED) is 0.814. The predicted octanol–water partition coefficient (Wildman–Crippen LogP) is 3.57. The van der Waals surface area contributed by atoms with Crippen molar-refractivity contribution < 1.29 is 4.79 Å². The van der Waals surface area contributed by atoms with Crippen molar-refractivity contribution in [2.75, 3.05) is 26.2 Å². The molecule has 0 aliphatic carbocycles. The summed E-state index contributed by atoms with van der Waals surface area (Å²) in [5.74, 6) is 0.154. The maximum atomic E-state index is 12.9. The first-order chi connectivity index (χ1) is 11.3. The Morgan fingerprint density at radius 2 is 1.61 bits per heavy atom. The number of likely N-dealkylation sites (N-methyl/N-ethyl adjacent to an activating group) is 1. The van der Waals surface area contributed by atoms with Crippen LogP contribution in [0.3, 0.4) is 0 Å². The van der Waals surface area contributed by atoms with Crippen LogP contribution in [0.2, 0.25) is 0 Å². The van der Waals surface area contributed by atoms with Gasteiger partial charge >= 0.3 is 0 Å². The topological polar surface area (TPSA) is 23.6 Å². The van der Waals surface area contributed by atoms with Gasteiger partial charge in [-0.1, -0.05) is 62.4 Å². The minimum atomic E-state index is 0.0375. The number of hydrogen-bond acceptors (Lipinski definition) is 2. The lowest BCUT2D eigenvalue weighted by atomic mass is 9.98. The highest BCUT2D eigenvalue weighted by molar-refractivity contribution is 5.99. The van der Waals surface area contributed by atoms with Gasteiger partial charge in [0.05, 0.1) is 6.04 Å². The Bertz CT molecular complexity index is 664. The molecule has 0 radical (unpaired) electrons. The second-order valence-electron chi connectivity index (χ2n) is 5.93. The third kappa shape index (κ3) is 3.02. The van der Waals surface area contributed by atoms with Gasteiger partial charge in [0.1, 0.15) is 0 Å². The Labute approximate surface area is 138 Å². The number of carbonyl (C=O) groups is 1. The highest BCUT2D eigenvalue weighted by atomic mass is 16.2. The van der Waals surface area contributed by atoms with E-state index in [0.717, 1.165) is 37.3 Å². The Kier molecular flexibility index (Phi) is 4.77. The monoisotopic (exact) mass is 308 g/mol. The number of carbonyl (C=O) groups excluding carboxylic acids is 1. The SMILES string of the molecule is CCN(CC)CCN1C(=O)c2ccccc2C1c1ccccc1. The van der Waals surface area contributed by atoms with Crippen molar-refractivity contribution in [3.05, 3.63) is 71.3 Å². The normalized spacial score (nSPS) is 16.9. The number of rotatable bonds is 6. The van der Waals surface area contributed by atoms with Crippen molar-refractivity contribution in [1.29, 1.82) is 0 Å². The van der Waals surface area contributed by atoms with Crippen molar-refractivity contribution in [2.45, 2.75) is 19.9 Å². The summed E-state index contributed by atoms with van der Waals surface area (Å²) in [6, 6.07) is 18.4. The lowest BCUT2D eigenvalue weighted by molar-refractivity contribution is 0.0729. The van der Waals surface area contributed by atoms with E-state index in [9.17, 15) is 4.79 Å². The van der Waals surface area contributed by atoms with Crippen LogP contribution in [0.25, 0.3) is 0 Å². The van der Waals surface area contributed by atoms with Gasteiger partial charge < -0.3 is 9.80 Å². The molecule has 0 N–H and O–H groups in total. The van der Waals surface area contributed by atoms with Crippen LogP contribution in [-0.4, -0.2) is 41.9 Å².